The van der Waals surface area contributed by atoms with Crippen LogP contribution in [0.5, 0.6) is 5.75 Å². The number of benzene rings is 2. The zero-order valence-electron chi connectivity index (χ0n) is 16.7. The Labute approximate surface area is 183 Å². The molecule has 31 heavy (non-hydrogen) atoms. The number of hydrogen-bond acceptors (Lipinski definition) is 5. The summed E-state index contributed by atoms with van der Waals surface area (Å²) in [5.41, 5.74) is 1.54. The van der Waals surface area contributed by atoms with Gasteiger partial charge in [0.1, 0.15) is 11.8 Å². The number of fused-ring (bicyclic) bond motifs is 1. The number of hydrogen-bond donors (Lipinski definition) is 2. The topological polar surface area (TPSA) is 105 Å². The molecule has 0 radical (unpaired) electrons. The van der Waals surface area contributed by atoms with E-state index >= 15 is 0 Å². The van der Waals surface area contributed by atoms with Gasteiger partial charge in [0.05, 0.1) is 0 Å². The lowest BCUT2D eigenvalue weighted by atomic mass is 10.0. The number of nitrogens with zero attached hydrogens (tertiary/aromatic N) is 1. The predicted octanol–water partition coefficient (Wildman–Crippen LogP) is 2.51. The zero-order chi connectivity index (χ0) is 22.1. The summed E-state index contributed by atoms with van der Waals surface area (Å²) in [5.74, 6) is -0.994. The van der Waals surface area contributed by atoms with Gasteiger partial charge in [0, 0.05) is 34.8 Å². The minimum Gasteiger partial charge on any atom is -0.481 e. The van der Waals surface area contributed by atoms with E-state index in [-0.39, 0.29) is 37.1 Å². The van der Waals surface area contributed by atoms with Crippen molar-refractivity contribution in [2.24, 2.45) is 0 Å². The highest BCUT2D eigenvalue weighted by Gasteiger charge is 2.40. The van der Waals surface area contributed by atoms with Gasteiger partial charge in [-0.15, -0.1) is 0 Å². The van der Waals surface area contributed by atoms with E-state index in [1.807, 2.05) is 0 Å². The van der Waals surface area contributed by atoms with E-state index in [4.69, 9.17) is 16.3 Å². The fourth-order valence-corrected chi connectivity index (χ4v) is 3.83. The highest BCUT2D eigenvalue weighted by Crippen LogP contribution is 2.32. The molecule has 0 aliphatic carbocycles. The third-order valence-electron chi connectivity index (χ3n) is 5.34. The van der Waals surface area contributed by atoms with Crippen LogP contribution in [0.25, 0.3) is 0 Å². The SMILES string of the molecule is CC(Oc1ccc(Cl)cc1)C(=O)Nc1cccc2c1CN(C1CCC(=O)NC1=O)C2=O. The molecule has 0 bridgehead atoms. The van der Waals surface area contributed by atoms with E-state index in [0.717, 1.165) is 0 Å². The van der Waals surface area contributed by atoms with Gasteiger partial charge < -0.3 is 15.0 Å². The summed E-state index contributed by atoms with van der Waals surface area (Å²) < 4.78 is 5.65. The molecule has 1 saturated heterocycles. The monoisotopic (exact) mass is 441 g/mol. The highest BCUT2D eigenvalue weighted by molar-refractivity contribution is 6.30. The summed E-state index contributed by atoms with van der Waals surface area (Å²) in [4.78, 5) is 50.6. The number of ether oxygens (including phenoxy) is 1. The molecule has 0 aromatic heterocycles. The van der Waals surface area contributed by atoms with Crippen molar-refractivity contribution in [3.8, 4) is 5.75 Å². The van der Waals surface area contributed by atoms with E-state index in [9.17, 15) is 19.2 Å². The number of rotatable bonds is 5. The van der Waals surface area contributed by atoms with E-state index in [1.165, 1.54) is 4.90 Å². The minimum absolute atomic E-state index is 0.170. The lowest BCUT2D eigenvalue weighted by Gasteiger charge is -2.29. The maximum Gasteiger partial charge on any atom is 0.265 e. The number of carbonyl (C=O) groups is 4. The normalized spacial score (nSPS) is 19.0. The van der Waals surface area contributed by atoms with Crippen LogP contribution in [0.15, 0.2) is 42.5 Å². The number of amides is 4. The molecule has 9 heteroatoms. The summed E-state index contributed by atoms with van der Waals surface area (Å²) in [6.45, 7) is 1.79. The van der Waals surface area contributed by atoms with Crippen LogP contribution in [0.2, 0.25) is 5.02 Å². The fraction of sp³-hybridized carbons (Fsp3) is 0.273. The Kier molecular flexibility index (Phi) is 5.65. The number of anilines is 1. The lowest BCUT2D eigenvalue weighted by Crippen LogP contribution is -2.52. The second-order valence-electron chi connectivity index (χ2n) is 7.43. The fourth-order valence-electron chi connectivity index (χ4n) is 3.71. The van der Waals surface area contributed by atoms with Crippen molar-refractivity contribution in [2.75, 3.05) is 5.32 Å². The van der Waals surface area contributed by atoms with Gasteiger partial charge in [-0.25, -0.2) is 0 Å². The van der Waals surface area contributed by atoms with Crippen molar-refractivity contribution in [3.05, 3.63) is 58.6 Å². The number of piperidine rings is 1. The molecule has 2 aromatic carbocycles. The summed E-state index contributed by atoms with van der Waals surface area (Å²) in [6.07, 6.45) is -0.335. The third-order valence-corrected chi connectivity index (χ3v) is 5.59. The first-order valence-electron chi connectivity index (χ1n) is 9.83. The predicted molar refractivity (Wildman–Crippen MR) is 113 cm³/mol. The van der Waals surface area contributed by atoms with Crippen LogP contribution < -0.4 is 15.4 Å². The zero-order valence-corrected chi connectivity index (χ0v) is 17.4. The van der Waals surface area contributed by atoms with E-state index in [2.05, 4.69) is 10.6 Å². The van der Waals surface area contributed by atoms with Gasteiger partial charge in [0.15, 0.2) is 6.10 Å². The first-order chi connectivity index (χ1) is 14.8. The van der Waals surface area contributed by atoms with Gasteiger partial charge in [0.25, 0.3) is 11.8 Å². The van der Waals surface area contributed by atoms with Crippen molar-refractivity contribution in [3.63, 3.8) is 0 Å². The van der Waals surface area contributed by atoms with Gasteiger partial charge in [-0.05, 0) is 49.7 Å². The molecular weight excluding hydrogens is 422 g/mol. The standard InChI is InChI=1S/C22H20ClN3O5/c1-12(31-14-7-5-13(23)6-8-14)20(28)24-17-4-2-3-15-16(17)11-26(22(15)30)18-9-10-19(27)25-21(18)29/h2-8,12,18H,9-11H2,1H3,(H,24,28)(H,25,27,29). The van der Waals surface area contributed by atoms with Crippen molar-refractivity contribution in [2.45, 2.75) is 38.5 Å². The van der Waals surface area contributed by atoms with E-state index in [1.54, 1.807) is 49.4 Å². The smallest absolute Gasteiger partial charge is 0.265 e. The van der Waals surface area contributed by atoms with Crippen LogP contribution in [0.1, 0.15) is 35.7 Å². The maximum atomic E-state index is 12.9. The van der Waals surface area contributed by atoms with Gasteiger partial charge in [0.2, 0.25) is 11.8 Å². The van der Waals surface area contributed by atoms with E-state index in [0.29, 0.717) is 27.6 Å². The van der Waals surface area contributed by atoms with Crippen LogP contribution >= 0.6 is 11.6 Å². The second kappa shape index (κ2) is 8.39. The van der Waals surface area contributed by atoms with Crippen molar-refractivity contribution >= 4 is 40.9 Å². The van der Waals surface area contributed by atoms with Crippen LogP contribution in [-0.2, 0) is 20.9 Å². The molecule has 0 spiro atoms. The molecule has 4 rings (SSSR count). The molecule has 160 valence electrons. The Morgan fingerprint density at radius 2 is 1.94 bits per heavy atom. The first kappa shape index (κ1) is 20.9. The molecule has 4 amide bonds. The Morgan fingerprint density at radius 1 is 1.19 bits per heavy atom. The maximum absolute atomic E-state index is 12.9. The lowest BCUT2D eigenvalue weighted by molar-refractivity contribution is -0.137. The molecular formula is C22H20ClN3O5. The summed E-state index contributed by atoms with van der Waals surface area (Å²) in [5, 5.41) is 5.65. The molecule has 2 aromatic rings. The molecule has 2 aliphatic rings. The Morgan fingerprint density at radius 3 is 2.65 bits per heavy atom. The van der Waals surface area contributed by atoms with Crippen molar-refractivity contribution in [1.82, 2.24) is 10.2 Å². The number of carbonyl (C=O) groups excluding carboxylic acids is 4. The molecule has 1 fully saturated rings. The third kappa shape index (κ3) is 4.25. The molecule has 8 nitrogen and oxygen atoms in total. The van der Waals surface area contributed by atoms with Gasteiger partial charge in [-0.2, -0.15) is 0 Å². The van der Waals surface area contributed by atoms with Crippen LogP contribution in [-0.4, -0.2) is 40.7 Å². The molecule has 2 heterocycles. The quantitative estimate of drug-likeness (QED) is 0.694. The highest BCUT2D eigenvalue weighted by atomic mass is 35.5. The molecule has 2 atom stereocenters. The average Bonchev–Trinajstić information content (AvgIpc) is 3.07. The van der Waals surface area contributed by atoms with Crippen LogP contribution in [0.4, 0.5) is 5.69 Å². The number of imide groups is 1. The average molecular weight is 442 g/mol. The van der Waals surface area contributed by atoms with Gasteiger partial charge >= 0.3 is 0 Å². The number of halogens is 1. The Bertz CT molecular complexity index is 1070. The van der Waals surface area contributed by atoms with Crippen LogP contribution in [0, 0.1) is 0 Å². The summed E-state index contributed by atoms with van der Waals surface area (Å²) in [6, 6.07) is 11.0. The largest absolute Gasteiger partial charge is 0.481 e. The Hall–Kier alpha value is -3.39. The summed E-state index contributed by atoms with van der Waals surface area (Å²) >= 11 is 5.86. The van der Waals surface area contributed by atoms with Crippen LogP contribution in [0.3, 0.4) is 0 Å². The summed E-state index contributed by atoms with van der Waals surface area (Å²) in [7, 11) is 0. The molecule has 2 N–H and O–H groups in total. The molecule has 2 aliphatic heterocycles. The van der Waals surface area contributed by atoms with E-state index < -0.39 is 18.1 Å². The molecule has 0 saturated carbocycles. The van der Waals surface area contributed by atoms with Gasteiger partial charge in [-0.3, -0.25) is 24.5 Å². The second-order valence-corrected chi connectivity index (χ2v) is 7.87. The van der Waals surface area contributed by atoms with Crippen molar-refractivity contribution in [1.29, 1.82) is 0 Å². The Balaban J connectivity index is 1.48. The van der Waals surface area contributed by atoms with Crippen molar-refractivity contribution < 1.29 is 23.9 Å². The van der Waals surface area contributed by atoms with Gasteiger partial charge in [-0.1, -0.05) is 17.7 Å². The number of nitrogens with one attached hydrogen (secondary N) is 2. The molecule has 2 unspecified atom stereocenters. The minimum atomic E-state index is -0.791. The first-order valence-corrected chi connectivity index (χ1v) is 10.2.